The van der Waals surface area contributed by atoms with E-state index in [2.05, 4.69) is 24.0 Å². The zero-order chi connectivity index (χ0) is 14.8. The van der Waals surface area contributed by atoms with E-state index in [1.807, 2.05) is 22.8 Å². The van der Waals surface area contributed by atoms with E-state index in [9.17, 15) is 4.79 Å². The smallest absolute Gasteiger partial charge is 0.335 e. The van der Waals surface area contributed by atoms with Crippen LogP contribution >= 0.6 is 0 Å². The maximum Gasteiger partial charge on any atom is 0.335 e. The Labute approximate surface area is 122 Å². The van der Waals surface area contributed by atoms with Crippen LogP contribution in [0, 0.1) is 0 Å². The first-order chi connectivity index (χ1) is 10.1. The molecule has 0 aliphatic carbocycles. The zero-order valence-corrected chi connectivity index (χ0v) is 11.7. The minimum atomic E-state index is -0.916. The molecule has 106 valence electrons. The molecule has 2 aromatic carbocycles. The van der Waals surface area contributed by atoms with E-state index in [-0.39, 0.29) is 5.56 Å². The number of fused-ring (bicyclic) bond motifs is 1. The van der Waals surface area contributed by atoms with Crippen LogP contribution in [-0.2, 0) is 6.54 Å². The molecule has 3 rings (SSSR count). The number of nitrogens with zero attached hydrogens (tertiary/aromatic N) is 2. The summed E-state index contributed by atoms with van der Waals surface area (Å²) in [5, 5.41) is 9.10. The van der Waals surface area contributed by atoms with Gasteiger partial charge in [0.1, 0.15) is 0 Å². The first-order valence-electron chi connectivity index (χ1n) is 6.88. The maximum absolute atomic E-state index is 11.1. The topological polar surface area (TPSA) is 55.1 Å². The molecule has 1 unspecified atom stereocenters. The molecule has 1 atom stereocenters. The highest BCUT2D eigenvalue weighted by Crippen LogP contribution is 2.21. The van der Waals surface area contributed by atoms with Crippen LogP contribution in [0.4, 0.5) is 0 Å². The van der Waals surface area contributed by atoms with Crippen molar-refractivity contribution in [3.05, 3.63) is 66.0 Å². The molecule has 0 aliphatic rings. The largest absolute Gasteiger partial charge is 0.478 e. The van der Waals surface area contributed by atoms with Gasteiger partial charge in [0.15, 0.2) is 0 Å². The number of carboxylic acid groups (broad SMARTS) is 1. The van der Waals surface area contributed by atoms with E-state index in [1.54, 1.807) is 24.5 Å². The van der Waals surface area contributed by atoms with Crippen LogP contribution in [0.2, 0.25) is 0 Å². The maximum atomic E-state index is 11.1. The normalized spacial score (nSPS) is 12.4. The Bertz CT molecular complexity index is 778. The van der Waals surface area contributed by atoms with Gasteiger partial charge in [-0.05, 0) is 29.7 Å². The lowest BCUT2D eigenvalue weighted by Gasteiger charge is -2.13. The van der Waals surface area contributed by atoms with Crippen LogP contribution in [0.15, 0.2) is 54.9 Å². The van der Waals surface area contributed by atoms with Crippen LogP contribution in [0.5, 0.6) is 0 Å². The Morgan fingerprint density at radius 3 is 2.71 bits per heavy atom. The molecule has 0 fully saturated rings. The highest BCUT2D eigenvalue weighted by molar-refractivity contribution is 5.92. The van der Waals surface area contributed by atoms with Gasteiger partial charge in [-0.15, -0.1) is 0 Å². The van der Waals surface area contributed by atoms with Crippen LogP contribution < -0.4 is 0 Å². The summed E-state index contributed by atoms with van der Waals surface area (Å²) in [7, 11) is 0. The summed E-state index contributed by atoms with van der Waals surface area (Å²) in [5.41, 5.74) is 3.23. The van der Waals surface area contributed by atoms with Gasteiger partial charge < -0.3 is 9.67 Å². The second-order valence-corrected chi connectivity index (χ2v) is 5.22. The lowest BCUT2D eigenvalue weighted by Crippen LogP contribution is -2.05. The van der Waals surface area contributed by atoms with Crippen LogP contribution in [-0.4, -0.2) is 20.6 Å². The molecule has 21 heavy (non-hydrogen) atoms. The second kappa shape index (κ2) is 5.40. The summed E-state index contributed by atoms with van der Waals surface area (Å²) in [6.07, 6.45) is 1.77. The Balaban J connectivity index is 1.93. The molecular weight excluding hydrogens is 264 g/mol. The fourth-order valence-corrected chi connectivity index (χ4v) is 2.52. The Kier molecular flexibility index (Phi) is 3.44. The van der Waals surface area contributed by atoms with E-state index in [0.717, 1.165) is 17.6 Å². The van der Waals surface area contributed by atoms with E-state index in [4.69, 9.17) is 5.11 Å². The van der Waals surface area contributed by atoms with Gasteiger partial charge in [0, 0.05) is 6.54 Å². The molecule has 0 spiro atoms. The number of carbonyl (C=O) groups is 1. The minimum Gasteiger partial charge on any atom is -0.478 e. The SMILES string of the molecule is CC(Cn1cnc2ccc(C(=O)O)cc21)c1ccccc1. The Morgan fingerprint density at radius 1 is 1.24 bits per heavy atom. The van der Waals surface area contributed by atoms with Gasteiger partial charge in [0.05, 0.1) is 22.9 Å². The highest BCUT2D eigenvalue weighted by Gasteiger charge is 2.11. The lowest BCUT2D eigenvalue weighted by molar-refractivity contribution is 0.0697. The average Bonchev–Trinajstić information content (AvgIpc) is 2.90. The summed E-state index contributed by atoms with van der Waals surface area (Å²) in [5.74, 6) is -0.585. The summed E-state index contributed by atoms with van der Waals surface area (Å²) in [6.45, 7) is 2.92. The Morgan fingerprint density at radius 2 is 2.00 bits per heavy atom. The van der Waals surface area contributed by atoms with Gasteiger partial charge in [-0.3, -0.25) is 0 Å². The number of imidazole rings is 1. The van der Waals surface area contributed by atoms with Crippen LogP contribution in [0.3, 0.4) is 0 Å². The second-order valence-electron chi connectivity index (χ2n) is 5.22. The third-order valence-corrected chi connectivity index (χ3v) is 3.71. The van der Waals surface area contributed by atoms with Gasteiger partial charge in [-0.2, -0.15) is 0 Å². The van der Waals surface area contributed by atoms with Gasteiger partial charge in [0.25, 0.3) is 0 Å². The average molecular weight is 280 g/mol. The molecule has 0 bridgehead atoms. The molecule has 0 amide bonds. The van der Waals surface area contributed by atoms with E-state index < -0.39 is 5.97 Å². The Hall–Kier alpha value is -2.62. The molecule has 0 saturated heterocycles. The van der Waals surface area contributed by atoms with Crippen molar-refractivity contribution in [3.63, 3.8) is 0 Å². The van der Waals surface area contributed by atoms with Gasteiger partial charge in [0.2, 0.25) is 0 Å². The van der Waals surface area contributed by atoms with Crippen LogP contribution in [0.1, 0.15) is 28.8 Å². The molecule has 0 aliphatic heterocycles. The van der Waals surface area contributed by atoms with Crippen molar-refractivity contribution in [2.24, 2.45) is 0 Å². The fraction of sp³-hybridized carbons (Fsp3) is 0.176. The van der Waals surface area contributed by atoms with Gasteiger partial charge in [-0.25, -0.2) is 9.78 Å². The first-order valence-corrected chi connectivity index (χ1v) is 6.88. The molecule has 0 radical (unpaired) electrons. The molecule has 1 aromatic heterocycles. The van der Waals surface area contributed by atoms with Crippen molar-refractivity contribution in [2.45, 2.75) is 19.4 Å². The number of aromatic nitrogens is 2. The predicted octanol–water partition coefficient (Wildman–Crippen LogP) is 3.54. The third-order valence-electron chi connectivity index (χ3n) is 3.71. The molecule has 3 aromatic rings. The van der Waals surface area contributed by atoms with E-state index >= 15 is 0 Å². The fourth-order valence-electron chi connectivity index (χ4n) is 2.52. The summed E-state index contributed by atoms with van der Waals surface area (Å²) < 4.78 is 2.01. The summed E-state index contributed by atoms with van der Waals surface area (Å²) in [4.78, 5) is 15.4. The highest BCUT2D eigenvalue weighted by atomic mass is 16.4. The van der Waals surface area contributed by atoms with E-state index in [0.29, 0.717) is 5.92 Å². The quantitative estimate of drug-likeness (QED) is 0.795. The number of hydrogen-bond acceptors (Lipinski definition) is 2. The summed E-state index contributed by atoms with van der Waals surface area (Å²) in [6, 6.07) is 15.3. The van der Waals surface area contributed by atoms with Crippen molar-refractivity contribution < 1.29 is 9.90 Å². The van der Waals surface area contributed by atoms with Crippen molar-refractivity contribution in [2.75, 3.05) is 0 Å². The van der Waals surface area contributed by atoms with Gasteiger partial charge >= 0.3 is 5.97 Å². The van der Waals surface area contributed by atoms with Crippen molar-refractivity contribution in [3.8, 4) is 0 Å². The van der Waals surface area contributed by atoms with Crippen molar-refractivity contribution in [1.82, 2.24) is 9.55 Å². The van der Waals surface area contributed by atoms with Crippen LogP contribution in [0.25, 0.3) is 11.0 Å². The first kappa shape index (κ1) is 13.4. The van der Waals surface area contributed by atoms with Gasteiger partial charge in [-0.1, -0.05) is 37.3 Å². The minimum absolute atomic E-state index is 0.289. The van der Waals surface area contributed by atoms with E-state index in [1.165, 1.54) is 5.56 Å². The third kappa shape index (κ3) is 2.65. The number of hydrogen-bond donors (Lipinski definition) is 1. The molecule has 4 nitrogen and oxygen atoms in total. The monoisotopic (exact) mass is 280 g/mol. The zero-order valence-electron chi connectivity index (χ0n) is 11.7. The number of rotatable bonds is 4. The molecule has 1 N–H and O–H groups in total. The molecule has 4 heteroatoms. The number of carboxylic acids is 1. The van der Waals surface area contributed by atoms with Crippen molar-refractivity contribution >= 4 is 17.0 Å². The standard InChI is InChI=1S/C17H16N2O2/c1-12(13-5-3-2-4-6-13)10-19-11-18-15-8-7-14(17(20)21)9-16(15)19/h2-9,11-12H,10H2,1H3,(H,20,21). The molecule has 0 saturated carbocycles. The number of aromatic carboxylic acids is 1. The van der Waals surface area contributed by atoms with Crippen molar-refractivity contribution in [1.29, 1.82) is 0 Å². The lowest BCUT2D eigenvalue weighted by atomic mass is 10.0. The number of benzene rings is 2. The molecule has 1 heterocycles. The predicted molar refractivity (Wildman–Crippen MR) is 81.5 cm³/mol. The molecular formula is C17H16N2O2. The summed E-state index contributed by atoms with van der Waals surface area (Å²) >= 11 is 0.